The van der Waals surface area contributed by atoms with Crippen molar-refractivity contribution in [2.24, 2.45) is 5.92 Å². The first-order chi connectivity index (χ1) is 12.6. The van der Waals surface area contributed by atoms with E-state index < -0.39 is 0 Å². The van der Waals surface area contributed by atoms with E-state index in [0.717, 1.165) is 18.5 Å². The summed E-state index contributed by atoms with van der Waals surface area (Å²) in [5.41, 5.74) is 1.34. The van der Waals surface area contributed by atoms with Crippen LogP contribution in [0.15, 0.2) is 24.3 Å². The molecule has 0 unspecified atom stereocenters. The molecule has 1 aliphatic heterocycles. The van der Waals surface area contributed by atoms with E-state index in [1.807, 2.05) is 11.8 Å². The number of benzene rings is 1. The van der Waals surface area contributed by atoms with E-state index in [0.29, 0.717) is 44.8 Å². The highest BCUT2D eigenvalue weighted by Gasteiger charge is 2.29. The van der Waals surface area contributed by atoms with Gasteiger partial charge in [-0.05, 0) is 44.0 Å². The molecule has 0 atom stereocenters. The van der Waals surface area contributed by atoms with Gasteiger partial charge in [0, 0.05) is 49.9 Å². The Morgan fingerprint density at radius 1 is 1.04 bits per heavy atom. The molecule has 1 aromatic rings. The lowest BCUT2D eigenvalue weighted by Crippen LogP contribution is -2.51. The van der Waals surface area contributed by atoms with Gasteiger partial charge in [0.15, 0.2) is 0 Å². The first-order valence-corrected chi connectivity index (χ1v) is 9.26. The Morgan fingerprint density at radius 2 is 1.69 bits per heavy atom. The summed E-state index contributed by atoms with van der Waals surface area (Å²) < 4.78 is 0. The Bertz CT molecular complexity index is 662. The molecule has 0 spiro atoms. The Morgan fingerprint density at radius 3 is 2.27 bits per heavy atom. The molecule has 7 heteroatoms. The number of likely N-dealkylation sites (N-methyl/N-ethyl adjacent to an activating group) is 1. The predicted octanol–water partition coefficient (Wildman–Crippen LogP) is 0.929. The van der Waals surface area contributed by atoms with Gasteiger partial charge in [0.2, 0.25) is 11.8 Å². The maximum atomic E-state index is 12.6. The number of anilines is 1. The lowest BCUT2D eigenvalue weighted by Gasteiger charge is -2.34. The number of piperazine rings is 1. The number of hydrogen-bond donors (Lipinski definition) is 2. The molecule has 2 N–H and O–H groups in total. The van der Waals surface area contributed by atoms with E-state index in [2.05, 4.69) is 15.5 Å². The van der Waals surface area contributed by atoms with Crippen molar-refractivity contribution in [2.45, 2.75) is 19.8 Å². The zero-order valence-electron chi connectivity index (χ0n) is 15.2. The van der Waals surface area contributed by atoms with Gasteiger partial charge in [-0.2, -0.15) is 0 Å². The third-order valence-corrected chi connectivity index (χ3v) is 4.75. The van der Waals surface area contributed by atoms with Crippen molar-refractivity contribution in [1.29, 1.82) is 0 Å². The SMILES string of the molecule is CCNC(=O)CN1CCN(C(=O)c2ccc(NC(=O)C3CC3)cc2)CC1. The van der Waals surface area contributed by atoms with Crippen LogP contribution in [0.2, 0.25) is 0 Å². The average Bonchev–Trinajstić information content (AvgIpc) is 3.48. The van der Waals surface area contributed by atoms with Gasteiger partial charge in [-0.25, -0.2) is 0 Å². The van der Waals surface area contributed by atoms with Crippen molar-refractivity contribution in [3.8, 4) is 0 Å². The van der Waals surface area contributed by atoms with Crippen LogP contribution in [-0.2, 0) is 9.59 Å². The van der Waals surface area contributed by atoms with E-state index in [4.69, 9.17) is 0 Å². The number of carbonyl (C=O) groups excluding carboxylic acids is 3. The second-order valence-electron chi connectivity index (χ2n) is 6.86. The summed E-state index contributed by atoms with van der Waals surface area (Å²) in [6, 6.07) is 7.07. The van der Waals surface area contributed by atoms with Gasteiger partial charge in [-0.3, -0.25) is 19.3 Å². The maximum Gasteiger partial charge on any atom is 0.253 e. The lowest BCUT2D eigenvalue weighted by atomic mass is 10.1. The highest BCUT2D eigenvalue weighted by molar-refractivity contribution is 5.96. The highest BCUT2D eigenvalue weighted by atomic mass is 16.2. The molecule has 1 aromatic carbocycles. The van der Waals surface area contributed by atoms with E-state index in [-0.39, 0.29) is 23.6 Å². The molecule has 1 saturated heterocycles. The van der Waals surface area contributed by atoms with Crippen molar-refractivity contribution in [3.63, 3.8) is 0 Å². The molecule has 1 aliphatic carbocycles. The predicted molar refractivity (Wildman–Crippen MR) is 98.8 cm³/mol. The van der Waals surface area contributed by atoms with Gasteiger partial charge in [0.05, 0.1) is 6.54 Å². The van der Waals surface area contributed by atoms with Gasteiger partial charge in [-0.15, -0.1) is 0 Å². The molecule has 7 nitrogen and oxygen atoms in total. The van der Waals surface area contributed by atoms with Crippen molar-refractivity contribution in [2.75, 3.05) is 44.6 Å². The summed E-state index contributed by atoms with van der Waals surface area (Å²) in [5, 5.41) is 5.67. The molecule has 3 rings (SSSR count). The molecule has 1 saturated carbocycles. The van der Waals surface area contributed by atoms with E-state index in [1.54, 1.807) is 24.3 Å². The van der Waals surface area contributed by atoms with Crippen LogP contribution >= 0.6 is 0 Å². The molecule has 2 aliphatic rings. The second-order valence-corrected chi connectivity index (χ2v) is 6.86. The number of carbonyl (C=O) groups is 3. The van der Waals surface area contributed by atoms with Crippen molar-refractivity contribution >= 4 is 23.4 Å². The summed E-state index contributed by atoms with van der Waals surface area (Å²) in [7, 11) is 0. The average molecular weight is 358 g/mol. The fourth-order valence-corrected chi connectivity index (χ4v) is 3.03. The molecule has 140 valence electrons. The third kappa shape index (κ3) is 4.82. The second kappa shape index (κ2) is 8.31. The van der Waals surface area contributed by atoms with Crippen molar-refractivity contribution < 1.29 is 14.4 Å². The number of amides is 3. The summed E-state index contributed by atoms with van der Waals surface area (Å²) in [5.74, 6) is 0.234. The molecule has 3 amide bonds. The standard InChI is InChI=1S/C19H26N4O3/c1-2-20-17(24)13-22-9-11-23(12-10-22)19(26)15-5-7-16(8-6-15)21-18(25)14-3-4-14/h5-8,14H,2-4,9-13H2,1H3,(H,20,24)(H,21,25). The Labute approximate surface area is 153 Å². The first-order valence-electron chi connectivity index (χ1n) is 9.26. The summed E-state index contributed by atoms with van der Waals surface area (Å²) >= 11 is 0. The van der Waals surface area contributed by atoms with Crippen LogP contribution in [0.1, 0.15) is 30.1 Å². The van der Waals surface area contributed by atoms with Crippen LogP contribution in [0.3, 0.4) is 0 Å². The molecule has 0 bridgehead atoms. The van der Waals surface area contributed by atoms with Gasteiger partial charge >= 0.3 is 0 Å². The molecular weight excluding hydrogens is 332 g/mol. The topological polar surface area (TPSA) is 81.8 Å². The van der Waals surface area contributed by atoms with E-state index >= 15 is 0 Å². The smallest absolute Gasteiger partial charge is 0.253 e. The van der Waals surface area contributed by atoms with Crippen LogP contribution in [-0.4, -0.2) is 66.8 Å². The fourth-order valence-electron chi connectivity index (χ4n) is 3.03. The van der Waals surface area contributed by atoms with Crippen LogP contribution in [0.4, 0.5) is 5.69 Å². The molecule has 1 heterocycles. The van der Waals surface area contributed by atoms with Gasteiger partial charge in [0.25, 0.3) is 5.91 Å². The Hall–Kier alpha value is -2.41. The van der Waals surface area contributed by atoms with Crippen LogP contribution in [0.5, 0.6) is 0 Å². The lowest BCUT2D eigenvalue weighted by molar-refractivity contribution is -0.122. The molecule has 26 heavy (non-hydrogen) atoms. The van der Waals surface area contributed by atoms with Crippen LogP contribution in [0.25, 0.3) is 0 Å². The zero-order chi connectivity index (χ0) is 18.5. The normalized spacial score (nSPS) is 17.7. The first kappa shape index (κ1) is 18.4. The minimum absolute atomic E-state index is 0.0114. The number of nitrogens with zero attached hydrogens (tertiary/aromatic N) is 2. The fraction of sp³-hybridized carbons (Fsp3) is 0.526. The van der Waals surface area contributed by atoms with Crippen molar-refractivity contribution in [3.05, 3.63) is 29.8 Å². The summed E-state index contributed by atoms with van der Waals surface area (Å²) in [6.07, 6.45) is 1.93. The van der Waals surface area contributed by atoms with E-state index in [1.165, 1.54) is 0 Å². The minimum atomic E-state index is -0.0114. The maximum absolute atomic E-state index is 12.6. The largest absolute Gasteiger partial charge is 0.355 e. The zero-order valence-corrected chi connectivity index (χ0v) is 15.2. The highest BCUT2D eigenvalue weighted by Crippen LogP contribution is 2.30. The van der Waals surface area contributed by atoms with Crippen molar-refractivity contribution in [1.82, 2.24) is 15.1 Å². The Balaban J connectivity index is 1.48. The van der Waals surface area contributed by atoms with E-state index in [9.17, 15) is 14.4 Å². The summed E-state index contributed by atoms with van der Waals surface area (Å²) in [4.78, 5) is 39.9. The number of hydrogen-bond acceptors (Lipinski definition) is 4. The Kier molecular flexibility index (Phi) is 5.88. The van der Waals surface area contributed by atoms with Crippen LogP contribution < -0.4 is 10.6 Å². The number of nitrogens with one attached hydrogen (secondary N) is 2. The molecular formula is C19H26N4O3. The molecule has 0 radical (unpaired) electrons. The summed E-state index contributed by atoms with van der Waals surface area (Å²) in [6.45, 7) is 5.52. The van der Waals surface area contributed by atoms with Crippen LogP contribution in [0, 0.1) is 5.92 Å². The quantitative estimate of drug-likeness (QED) is 0.793. The minimum Gasteiger partial charge on any atom is -0.355 e. The molecule has 2 fully saturated rings. The third-order valence-electron chi connectivity index (χ3n) is 4.75. The van der Waals surface area contributed by atoms with Gasteiger partial charge in [0.1, 0.15) is 0 Å². The van der Waals surface area contributed by atoms with Gasteiger partial charge in [-0.1, -0.05) is 0 Å². The number of rotatable bonds is 6. The molecule has 0 aromatic heterocycles. The monoisotopic (exact) mass is 358 g/mol. The van der Waals surface area contributed by atoms with Gasteiger partial charge < -0.3 is 15.5 Å².